The molecule has 1 fully saturated rings. The fourth-order valence-electron chi connectivity index (χ4n) is 4.40. The van der Waals surface area contributed by atoms with E-state index in [1.54, 1.807) is 4.90 Å². The van der Waals surface area contributed by atoms with Crippen LogP contribution in [-0.2, 0) is 22.6 Å². The second-order valence-electron chi connectivity index (χ2n) is 9.42. The Hall–Kier alpha value is -2.62. The molecular formula is C28H38N2O2. The van der Waals surface area contributed by atoms with Crippen LogP contribution in [0.5, 0.6) is 0 Å². The van der Waals surface area contributed by atoms with E-state index < -0.39 is 6.04 Å². The maximum absolute atomic E-state index is 13.3. The molecule has 0 spiro atoms. The molecule has 32 heavy (non-hydrogen) atoms. The first kappa shape index (κ1) is 24.0. The highest BCUT2D eigenvalue weighted by atomic mass is 16.2. The van der Waals surface area contributed by atoms with Gasteiger partial charge in [-0.15, -0.1) is 0 Å². The minimum absolute atomic E-state index is 0.0214. The lowest BCUT2D eigenvalue weighted by Crippen LogP contribution is -2.50. The molecule has 1 aliphatic rings. The minimum Gasteiger partial charge on any atom is -0.352 e. The number of amides is 2. The fourth-order valence-corrected chi connectivity index (χ4v) is 4.40. The van der Waals surface area contributed by atoms with Crippen LogP contribution in [0.15, 0.2) is 54.6 Å². The molecule has 2 amide bonds. The second-order valence-corrected chi connectivity index (χ2v) is 9.42. The number of hydrogen-bond donors (Lipinski definition) is 1. The molecule has 3 rings (SSSR count). The van der Waals surface area contributed by atoms with E-state index in [1.807, 2.05) is 37.3 Å². The Bertz CT molecular complexity index is 855. The number of carbonyl (C=O) groups excluding carboxylic acids is 2. The fraction of sp³-hybridized carbons (Fsp3) is 0.500. The molecule has 0 unspecified atom stereocenters. The van der Waals surface area contributed by atoms with Gasteiger partial charge in [0.05, 0.1) is 0 Å². The van der Waals surface area contributed by atoms with Crippen molar-refractivity contribution in [2.24, 2.45) is 0 Å². The minimum atomic E-state index is -0.493. The number of nitrogens with one attached hydrogen (secondary N) is 1. The number of carbonyl (C=O) groups is 2. The van der Waals surface area contributed by atoms with Gasteiger partial charge in [0.1, 0.15) is 6.04 Å². The van der Waals surface area contributed by atoms with Gasteiger partial charge in [0, 0.05) is 19.0 Å². The highest BCUT2D eigenvalue weighted by Crippen LogP contribution is 2.19. The molecule has 0 aliphatic heterocycles. The van der Waals surface area contributed by atoms with Crippen LogP contribution in [0, 0.1) is 0 Å². The number of aryl methyl sites for hydroxylation is 1. The number of benzene rings is 2. The largest absolute Gasteiger partial charge is 0.352 e. The summed E-state index contributed by atoms with van der Waals surface area (Å²) in [4.78, 5) is 28.0. The van der Waals surface area contributed by atoms with Crippen molar-refractivity contribution < 1.29 is 9.59 Å². The third-order valence-corrected chi connectivity index (χ3v) is 6.59. The van der Waals surface area contributed by atoms with Gasteiger partial charge in [-0.25, -0.2) is 0 Å². The molecular weight excluding hydrogens is 396 g/mol. The Morgan fingerprint density at radius 2 is 1.56 bits per heavy atom. The summed E-state index contributed by atoms with van der Waals surface area (Å²) < 4.78 is 0. The molecule has 2 aromatic rings. The summed E-state index contributed by atoms with van der Waals surface area (Å²) >= 11 is 0. The highest BCUT2D eigenvalue weighted by molar-refractivity contribution is 5.87. The summed E-state index contributed by atoms with van der Waals surface area (Å²) in [6, 6.07) is 18.2. The van der Waals surface area contributed by atoms with Gasteiger partial charge < -0.3 is 10.2 Å². The van der Waals surface area contributed by atoms with E-state index in [4.69, 9.17) is 0 Å². The predicted molar refractivity (Wildman–Crippen MR) is 130 cm³/mol. The standard InChI is InChI=1S/C28H38N2O2/c1-21(2)25-17-14-23(15-18-25)16-19-27(31)30(20-24-10-6-4-7-11-24)22(3)28(32)29-26-12-8-5-9-13-26/h4,6-7,10-11,14-15,17-18,21-22,26H,5,8-9,12-13,16,19-20H2,1-3H3,(H,29,32)/t22-/m0/s1. The van der Waals surface area contributed by atoms with Crippen molar-refractivity contribution in [3.63, 3.8) is 0 Å². The van der Waals surface area contributed by atoms with Crippen LogP contribution in [0.2, 0.25) is 0 Å². The van der Waals surface area contributed by atoms with Crippen molar-refractivity contribution in [3.8, 4) is 0 Å². The van der Waals surface area contributed by atoms with Gasteiger partial charge in [-0.1, -0.05) is 87.7 Å². The summed E-state index contributed by atoms with van der Waals surface area (Å²) in [5.41, 5.74) is 3.50. The molecule has 0 bridgehead atoms. The molecule has 1 N–H and O–H groups in total. The molecule has 0 heterocycles. The third kappa shape index (κ3) is 6.94. The molecule has 0 aromatic heterocycles. The van der Waals surface area contributed by atoms with Crippen LogP contribution in [0.3, 0.4) is 0 Å². The summed E-state index contributed by atoms with van der Waals surface area (Å²) in [7, 11) is 0. The molecule has 4 nitrogen and oxygen atoms in total. The summed E-state index contributed by atoms with van der Waals surface area (Å²) in [5, 5.41) is 3.20. The van der Waals surface area contributed by atoms with Crippen LogP contribution in [0.4, 0.5) is 0 Å². The third-order valence-electron chi connectivity index (χ3n) is 6.59. The van der Waals surface area contributed by atoms with Gasteiger partial charge in [0.15, 0.2) is 0 Å². The normalized spacial score (nSPS) is 15.4. The van der Waals surface area contributed by atoms with Crippen molar-refractivity contribution in [1.82, 2.24) is 10.2 Å². The van der Waals surface area contributed by atoms with Gasteiger partial charge in [0.2, 0.25) is 11.8 Å². The first-order valence-electron chi connectivity index (χ1n) is 12.2. The van der Waals surface area contributed by atoms with E-state index >= 15 is 0 Å². The topological polar surface area (TPSA) is 49.4 Å². The van der Waals surface area contributed by atoms with E-state index in [1.165, 1.54) is 24.8 Å². The molecule has 2 aromatic carbocycles. The van der Waals surface area contributed by atoms with Gasteiger partial charge in [-0.05, 0) is 48.8 Å². The Labute approximate surface area is 193 Å². The zero-order chi connectivity index (χ0) is 22.9. The smallest absolute Gasteiger partial charge is 0.242 e. The molecule has 1 aliphatic carbocycles. The molecule has 0 radical (unpaired) electrons. The van der Waals surface area contributed by atoms with Crippen LogP contribution >= 0.6 is 0 Å². The average molecular weight is 435 g/mol. The van der Waals surface area contributed by atoms with Crippen molar-refractivity contribution in [1.29, 1.82) is 0 Å². The zero-order valence-corrected chi connectivity index (χ0v) is 19.8. The van der Waals surface area contributed by atoms with E-state index in [2.05, 4.69) is 43.4 Å². The number of hydrogen-bond acceptors (Lipinski definition) is 2. The van der Waals surface area contributed by atoms with Crippen molar-refractivity contribution in [2.75, 3.05) is 0 Å². The molecule has 172 valence electrons. The predicted octanol–water partition coefficient (Wildman–Crippen LogP) is 5.61. The van der Waals surface area contributed by atoms with E-state index in [-0.39, 0.29) is 17.9 Å². The molecule has 4 heteroatoms. The Morgan fingerprint density at radius 1 is 0.906 bits per heavy atom. The number of nitrogens with zero attached hydrogens (tertiary/aromatic N) is 1. The van der Waals surface area contributed by atoms with Crippen molar-refractivity contribution in [3.05, 3.63) is 71.3 Å². The first-order valence-corrected chi connectivity index (χ1v) is 12.2. The average Bonchev–Trinajstić information content (AvgIpc) is 2.82. The van der Waals surface area contributed by atoms with Gasteiger partial charge in [0.25, 0.3) is 0 Å². The second kappa shape index (κ2) is 11.8. The highest BCUT2D eigenvalue weighted by Gasteiger charge is 2.27. The maximum atomic E-state index is 13.3. The lowest BCUT2D eigenvalue weighted by molar-refractivity contribution is -0.141. The van der Waals surface area contributed by atoms with Crippen LogP contribution < -0.4 is 5.32 Å². The lowest BCUT2D eigenvalue weighted by Gasteiger charge is -2.31. The van der Waals surface area contributed by atoms with Crippen LogP contribution in [0.25, 0.3) is 0 Å². The maximum Gasteiger partial charge on any atom is 0.242 e. The SMILES string of the molecule is CC(C)c1ccc(CCC(=O)N(Cc2ccccc2)[C@@H](C)C(=O)NC2CCCCC2)cc1. The van der Waals surface area contributed by atoms with Gasteiger partial charge in [-0.2, -0.15) is 0 Å². The summed E-state index contributed by atoms with van der Waals surface area (Å²) in [5.74, 6) is 0.478. The van der Waals surface area contributed by atoms with Crippen molar-refractivity contribution >= 4 is 11.8 Å². The van der Waals surface area contributed by atoms with E-state index in [9.17, 15) is 9.59 Å². The van der Waals surface area contributed by atoms with E-state index in [0.29, 0.717) is 25.3 Å². The lowest BCUT2D eigenvalue weighted by atomic mass is 9.95. The number of rotatable bonds is 9. The van der Waals surface area contributed by atoms with Gasteiger partial charge in [-0.3, -0.25) is 9.59 Å². The molecule has 0 saturated heterocycles. The summed E-state index contributed by atoms with van der Waals surface area (Å²) in [6.45, 7) is 6.67. The zero-order valence-electron chi connectivity index (χ0n) is 19.8. The van der Waals surface area contributed by atoms with E-state index in [0.717, 1.165) is 24.0 Å². The summed E-state index contributed by atoms with van der Waals surface area (Å²) in [6.07, 6.45) is 6.74. The molecule has 1 atom stereocenters. The monoisotopic (exact) mass is 434 g/mol. The Morgan fingerprint density at radius 3 is 2.19 bits per heavy atom. The quantitative estimate of drug-likeness (QED) is 0.558. The first-order chi connectivity index (χ1) is 15.4. The Kier molecular flexibility index (Phi) is 8.90. The van der Waals surface area contributed by atoms with Gasteiger partial charge >= 0.3 is 0 Å². The van der Waals surface area contributed by atoms with Crippen LogP contribution in [-0.4, -0.2) is 28.8 Å². The molecule has 1 saturated carbocycles. The Balaban J connectivity index is 1.66. The van der Waals surface area contributed by atoms with Crippen LogP contribution in [0.1, 0.15) is 81.9 Å². The van der Waals surface area contributed by atoms with Crippen molar-refractivity contribution in [2.45, 2.75) is 90.3 Å².